The predicted molar refractivity (Wildman–Crippen MR) is 67.0 cm³/mol. The monoisotopic (exact) mass is 244 g/mol. The summed E-state index contributed by atoms with van der Waals surface area (Å²) in [7, 11) is 0. The molecule has 0 aromatic carbocycles. The van der Waals surface area contributed by atoms with Crippen LogP contribution in [-0.4, -0.2) is 41.6 Å². The van der Waals surface area contributed by atoms with Gasteiger partial charge in [-0.05, 0) is 26.7 Å². The molecule has 0 bridgehead atoms. The number of hydrogen-bond donors (Lipinski definition) is 2. The fourth-order valence-corrected chi connectivity index (χ4v) is 1.57. The second-order valence-corrected chi connectivity index (χ2v) is 3.96. The van der Waals surface area contributed by atoms with E-state index < -0.39 is 5.97 Å². The summed E-state index contributed by atoms with van der Waals surface area (Å²) in [6, 6.07) is -0.0134. The van der Waals surface area contributed by atoms with Gasteiger partial charge < -0.3 is 15.3 Å². The average Bonchev–Trinajstić information content (AvgIpc) is 2.29. The van der Waals surface area contributed by atoms with Gasteiger partial charge in [0.15, 0.2) is 0 Å². The number of nitrogens with zero attached hydrogens (tertiary/aromatic N) is 1. The van der Waals surface area contributed by atoms with Gasteiger partial charge in [0.25, 0.3) is 0 Å². The zero-order valence-electron chi connectivity index (χ0n) is 10.9. The molecule has 0 fully saturated rings. The topological polar surface area (TPSA) is 69.6 Å². The molecular formula is C12H24N2O3. The molecule has 5 nitrogen and oxygen atoms in total. The summed E-state index contributed by atoms with van der Waals surface area (Å²) in [5, 5.41) is 11.3. The first kappa shape index (κ1) is 15.7. The van der Waals surface area contributed by atoms with Crippen LogP contribution in [0.2, 0.25) is 0 Å². The lowest BCUT2D eigenvalue weighted by Crippen LogP contribution is -2.40. The standard InChI is InChI=1S/C12H24N2O3/c1-3-14(4-2)12(17)13-10-8-6-5-7-9-11(15)16/h3-10H2,1-2H3,(H,13,17)(H,15,16). The van der Waals surface area contributed by atoms with Crippen LogP contribution in [0.1, 0.15) is 46.0 Å². The SMILES string of the molecule is CCN(CC)C(=O)NCCCCCCC(=O)O. The first-order valence-electron chi connectivity index (χ1n) is 6.36. The number of hydrogen-bond acceptors (Lipinski definition) is 2. The van der Waals surface area contributed by atoms with E-state index in [9.17, 15) is 9.59 Å². The minimum Gasteiger partial charge on any atom is -0.481 e. The molecule has 0 rings (SSSR count). The van der Waals surface area contributed by atoms with Crippen LogP contribution in [-0.2, 0) is 4.79 Å². The molecule has 0 saturated carbocycles. The highest BCUT2D eigenvalue weighted by Crippen LogP contribution is 2.02. The molecule has 0 spiro atoms. The van der Waals surface area contributed by atoms with Crippen LogP contribution in [0.5, 0.6) is 0 Å². The Bertz CT molecular complexity index is 228. The van der Waals surface area contributed by atoms with Crippen LogP contribution in [0.15, 0.2) is 0 Å². The molecule has 17 heavy (non-hydrogen) atoms. The van der Waals surface area contributed by atoms with E-state index in [1.54, 1.807) is 4.90 Å². The van der Waals surface area contributed by atoms with Crippen molar-refractivity contribution in [2.45, 2.75) is 46.0 Å². The number of carboxylic acid groups (broad SMARTS) is 1. The van der Waals surface area contributed by atoms with Gasteiger partial charge >= 0.3 is 12.0 Å². The number of unbranched alkanes of at least 4 members (excludes halogenated alkanes) is 3. The highest BCUT2D eigenvalue weighted by Gasteiger charge is 2.07. The molecule has 100 valence electrons. The van der Waals surface area contributed by atoms with Gasteiger partial charge in [0.1, 0.15) is 0 Å². The summed E-state index contributed by atoms with van der Waals surface area (Å²) in [6.45, 7) is 6.02. The first-order valence-corrected chi connectivity index (χ1v) is 6.36. The van der Waals surface area contributed by atoms with Crippen molar-refractivity contribution in [2.75, 3.05) is 19.6 Å². The molecule has 0 unspecified atom stereocenters. The van der Waals surface area contributed by atoms with Crippen LogP contribution < -0.4 is 5.32 Å². The highest BCUT2D eigenvalue weighted by atomic mass is 16.4. The normalized spacial score (nSPS) is 10.0. The van der Waals surface area contributed by atoms with Crippen molar-refractivity contribution in [1.82, 2.24) is 10.2 Å². The van der Waals surface area contributed by atoms with Crippen LogP contribution in [0.3, 0.4) is 0 Å². The Morgan fingerprint density at radius 1 is 1.06 bits per heavy atom. The number of aliphatic carboxylic acids is 1. The predicted octanol–water partition coefficient (Wildman–Crippen LogP) is 2.07. The minimum absolute atomic E-state index is 0.0134. The molecule has 0 aliphatic rings. The fraction of sp³-hybridized carbons (Fsp3) is 0.833. The Kier molecular flexibility index (Phi) is 9.19. The average molecular weight is 244 g/mol. The van der Waals surface area contributed by atoms with Crippen LogP contribution in [0.25, 0.3) is 0 Å². The molecule has 0 aromatic rings. The van der Waals surface area contributed by atoms with Crippen molar-refractivity contribution in [1.29, 1.82) is 0 Å². The van der Waals surface area contributed by atoms with Gasteiger partial charge in [0.05, 0.1) is 0 Å². The second-order valence-electron chi connectivity index (χ2n) is 3.96. The van der Waals surface area contributed by atoms with Crippen molar-refractivity contribution >= 4 is 12.0 Å². The lowest BCUT2D eigenvalue weighted by atomic mass is 10.1. The van der Waals surface area contributed by atoms with E-state index in [0.717, 1.165) is 38.8 Å². The van der Waals surface area contributed by atoms with Crippen molar-refractivity contribution in [3.8, 4) is 0 Å². The Morgan fingerprint density at radius 3 is 2.18 bits per heavy atom. The quantitative estimate of drug-likeness (QED) is 0.610. The maximum atomic E-state index is 11.5. The van der Waals surface area contributed by atoms with E-state index in [0.29, 0.717) is 6.54 Å². The second kappa shape index (κ2) is 9.93. The Labute approximate surface area is 103 Å². The summed E-state index contributed by atoms with van der Waals surface area (Å²) in [5.41, 5.74) is 0. The highest BCUT2D eigenvalue weighted by molar-refractivity contribution is 5.73. The molecule has 0 aliphatic carbocycles. The van der Waals surface area contributed by atoms with Gasteiger partial charge in [-0.25, -0.2) is 4.79 Å². The van der Waals surface area contributed by atoms with Gasteiger partial charge in [-0.2, -0.15) is 0 Å². The summed E-state index contributed by atoms with van der Waals surface area (Å²) >= 11 is 0. The molecule has 0 radical (unpaired) electrons. The van der Waals surface area contributed by atoms with Crippen LogP contribution in [0, 0.1) is 0 Å². The number of carbonyl (C=O) groups excluding carboxylic acids is 1. The maximum Gasteiger partial charge on any atom is 0.317 e. The molecular weight excluding hydrogens is 220 g/mol. The Balaban J connectivity index is 3.39. The van der Waals surface area contributed by atoms with Crippen molar-refractivity contribution < 1.29 is 14.7 Å². The summed E-state index contributed by atoms with van der Waals surface area (Å²) < 4.78 is 0. The molecule has 0 aromatic heterocycles. The summed E-state index contributed by atoms with van der Waals surface area (Å²) in [6.07, 6.45) is 3.75. The number of nitrogens with one attached hydrogen (secondary N) is 1. The van der Waals surface area contributed by atoms with E-state index in [1.165, 1.54) is 0 Å². The van der Waals surface area contributed by atoms with Gasteiger partial charge in [-0.3, -0.25) is 4.79 Å². The molecule has 2 N–H and O–H groups in total. The number of carboxylic acids is 1. The van der Waals surface area contributed by atoms with Crippen molar-refractivity contribution in [3.63, 3.8) is 0 Å². The molecule has 0 heterocycles. The third kappa shape index (κ3) is 8.54. The third-order valence-corrected chi connectivity index (χ3v) is 2.64. The molecule has 0 atom stereocenters. The summed E-state index contributed by atoms with van der Waals surface area (Å²) in [5.74, 6) is -0.736. The number of carbonyl (C=O) groups is 2. The first-order chi connectivity index (χ1) is 8.11. The van der Waals surface area contributed by atoms with Gasteiger partial charge in [0.2, 0.25) is 0 Å². The van der Waals surface area contributed by atoms with Crippen LogP contribution >= 0.6 is 0 Å². The van der Waals surface area contributed by atoms with E-state index >= 15 is 0 Å². The molecule has 2 amide bonds. The lowest BCUT2D eigenvalue weighted by Gasteiger charge is -2.19. The van der Waals surface area contributed by atoms with E-state index in [1.807, 2.05) is 13.8 Å². The van der Waals surface area contributed by atoms with Gasteiger partial charge in [-0.15, -0.1) is 0 Å². The van der Waals surface area contributed by atoms with E-state index in [4.69, 9.17) is 5.11 Å². The van der Waals surface area contributed by atoms with Gasteiger partial charge in [0, 0.05) is 26.1 Å². The number of amides is 2. The summed E-state index contributed by atoms with van der Waals surface area (Å²) in [4.78, 5) is 23.5. The Hall–Kier alpha value is -1.26. The molecule has 0 aliphatic heterocycles. The lowest BCUT2D eigenvalue weighted by molar-refractivity contribution is -0.137. The van der Waals surface area contributed by atoms with Crippen LogP contribution in [0.4, 0.5) is 4.79 Å². The van der Waals surface area contributed by atoms with E-state index in [2.05, 4.69) is 5.32 Å². The largest absolute Gasteiger partial charge is 0.481 e. The van der Waals surface area contributed by atoms with Gasteiger partial charge in [-0.1, -0.05) is 12.8 Å². The van der Waals surface area contributed by atoms with Crippen molar-refractivity contribution in [3.05, 3.63) is 0 Å². The molecule has 5 heteroatoms. The maximum absolute atomic E-state index is 11.5. The minimum atomic E-state index is -0.736. The Morgan fingerprint density at radius 2 is 1.65 bits per heavy atom. The fourth-order valence-electron chi connectivity index (χ4n) is 1.57. The van der Waals surface area contributed by atoms with E-state index in [-0.39, 0.29) is 12.5 Å². The number of urea groups is 1. The smallest absolute Gasteiger partial charge is 0.317 e. The molecule has 0 saturated heterocycles. The number of rotatable bonds is 9. The zero-order valence-corrected chi connectivity index (χ0v) is 10.9. The van der Waals surface area contributed by atoms with Crippen molar-refractivity contribution in [2.24, 2.45) is 0 Å². The zero-order chi connectivity index (χ0) is 13.1. The third-order valence-electron chi connectivity index (χ3n) is 2.64.